The number of halogens is 3. The summed E-state index contributed by atoms with van der Waals surface area (Å²) in [4.78, 5) is 30.9. The molecule has 168 valence electrons. The Morgan fingerprint density at radius 3 is 2.64 bits per heavy atom. The van der Waals surface area contributed by atoms with Gasteiger partial charge >= 0.3 is 5.97 Å². The number of nitrogens with zero attached hydrogens (tertiary/aromatic N) is 2. The van der Waals surface area contributed by atoms with Gasteiger partial charge in [-0.2, -0.15) is 0 Å². The normalized spacial score (nSPS) is 16.2. The van der Waals surface area contributed by atoms with Gasteiger partial charge in [-0.15, -0.1) is 0 Å². The van der Waals surface area contributed by atoms with Crippen molar-refractivity contribution in [2.75, 3.05) is 14.2 Å². The summed E-state index contributed by atoms with van der Waals surface area (Å²) in [6, 6.07) is 13.8. The van der Waals surface area contributed by atoms with Gasteiger partial charge < -0.3 is 9.15 Å². The number of esters is 1. The zero-order valence-electron chi connectivity index (χ0n) is 17.3. The smallest absolute Gasteiger partial charge is 0.339 e. The molecular weight excluding hydrogens is 551 g/mol. The molecule has 0 radical (unpaired) electrons. The van der Waals surface area contributed by atoms with E-state index in [1.165, 1.54) is 23.8 Å². The topological polar surface area (TPSA) is 72.1 Å². The van der Waals surface area contributed by atoms with Gasteiger partial charge in [0.1, 0.15) is 11.5 Å². The van der Waals surface area contributed by atoms with Gasteiger partial charge in [0.25, 0.3) is 5.91 Å². The number of amides is 1. The molecule has 2 heterocycles. The van der Waals surface area contributed by atoms with Gasteiger partial charge in [0.05, 0.1) is 33.3 Å². The summed E-state index contributed by atoms with van der Waals surface area (Å²) in [5, 5.41) is 1.32. The van der Waals surface area contributed by atoms with Crippen molar-refractivity contribution in [3.05, 3.63) is 79.3 Å². The van der Waals surface area contributed by atoms with E-state index in [1.54, 1.807) is 61.7 Å². The Labute approximate surface area is 212 Å². The van der Waals surface area contributed by atoms with Crippen LogP contribution < -0.4 is 0 Å². The Kier molecular flexibility index (Phi) is 6.99. The monoisotopic (exact) mass is 564 g/mol. The average Bonchev–Trinajstić information content (AvgIpc) is 3.36. The number of likely N-dealkylation sites (N-methyl/N-ethyl adjacent to an activating group) is 1. The fourth-order valence-electron chi connectivity index (χ4n) is 2.98. The molecule has 1 aliphatic heterocycles. The SMILES string of the molecule is COC(=O)c1ccc(-c2ccc(/C=C3\SC(=Nc4ccc(Br)c(Cl)c4)N(C)C3=O)o2)cc1Cl. The number of rotatable bonds is 4. The number of thioether (sulfide) groups is 1. The summed E-state index contributed by atoms with van der Waals surface area (Å²) in [6.45, 7) is 0. The molecule has 0 spiro atoms. The lowest BCUT2D eigenvalue weighted by Crippen LogP contribution is -2.23. The number of aliphatic imine (C=N–C) groups is 1. The molecule has 0 aliphatic carbocycles. The molecule has 0 atom stereocenters. The maximum absolute atomic E-state index is 12.7. The van der Waals surface area contributed by atoms with E-state index in [2.05, 4.69) is 20.9 Å². The Morgan fingerprint density at radius 1 is 1.15 bits per heavy atom. The van der Waals surface area contributed by atoms with Crippen molar-refractivity contribution < 1.29 is 18.7 Å². The molecule has 10 heteroatoms. The van der Waals surface area contributed by atoms with Crippen LogP contribution in [0.5, 0.6) is 0 Å². The van der Waals surface area contributed by atoms with Crippen LogP contribution in [-0.2, 0) is 9.53 Å². The maximum Gasteiger partial charge on any atom is 0.339 e. The number of hydrogen-bond acceptors (Lipinski definition) is 6. The Hall–Kier alpha value is -2.52. The number of ether oxygens (including phenoxy) is 1. The second-order valence-corrected chi connectivity index (χ2v) is 9.53. The quantitative estimate of drug-likeness (QED) is 0.251. The maximum atomic E-state index is 12.7. The van der Waals surface area contributed by atoms with Crippen molar-refractivity contribution in [2.45, 2.75) is 0 Å². The third-order valence-electron chi connectivity index (χ3n) is 4.69. The van der Waals surface area contributed by atoms with Gasteiger partial charge in [0.2, 0.25) is 0 Å². The van der Waals surface area contributed by atoms with E-state index in [9.17, 15) is 9.59 Å². The summed E-state index contributed by atoms with van der Waals surface area (Å²) in [5.41, 5.74) is 1.60. The summed E-state index contributed by atoms with van der Waals surface area (Å²) in [6.07, 6.45) is 1.66. The Morgan fingerprint density at radius 2 is 1.94 bits per heavy atom. The second kappa shape index (κ2) is 9.77. The lowest BCUT2D eigenvalue weighted by Gasteiger charge is -2.07. The molecule has 4 rings (SSSR count). The van der Waals surface area contributed by atoms with Crippen LogP contribution in [0, 0.1) is 0 Å². The van der Waals surface area contributed by atoms with Gasteiger partial charge in [-0.1, -0.05) is 29.3 Å². The van der Waals surface area contributed by atoms with Crippen LogP contribution in [0.2, 0.25) is 10.0 Å². The fraction of sp³-hybridized carbons (Fsp3) is 0.0870. The predicted molar refractivity (Wildman–Crippen MR) is 135 cm³/mol. The second-order valence-electron chi connectivity index (χ2n) is 6.86. The van der Waals surface area contributed by atoms with Crippen molar-refractivity contribution in [1.29, 1.82) is 0 Å². The number of amidine groups is 1. The van der Waals surface area contributed by atoms with Gasteiger partial charge in [0, 0.05) is 23.2 Å². The van der Waals surface area contributed by atoms with Crippen LogP contribution in [0.15, 0.2) is 67.3 Å². The molecule has 1 fully saturated rings. The molecular formula is C23H15BrCl2N2O4S. The average molecular weight is 566 g/mol. The van der Waals surface area contributed by atoms with E-state index >= 15 is 0 Å². The molecule has 0 saturated carbocycles. The number of carbonyl (C=O) groups excluding carboxylic acids is 2. The van der Waals surface area contributed by atoms with Crippen molar-refractivity contribution in [2.24, 2.45) is 4.99 Å². The van der Waals surface area contributed by atoms with Gasteiger partial charge in [-0.25, -0.2) is 9.79 Å². The number of hydrogen-bond donors (Lipinski definition) is 0. The summed E-state index contributed by atoms with van der Waals surface area (Å²) in [7, 11) is 2.96. The van der Waals surface area contributed by atoms with E-state index in [-0.39, 0.29) is 16.5 Å². The molecule has 1 aliphatic rings. The minimum Gasteiger partial charge on any atom is -0.465 e. The molecule has 0 N–H and O–H groups in total. The molecule has 0 unspecified atom stereocenters. The molecule has 0 bridgehead atoms. The van der Waals surface area contributed by atoms with E-state index in [0.29, 0.717) is 37.9 Å². The highest BCUT2D eigenvalue weighted by Gasteiger charge is 2.30. The number of benzene rings is 2. The van der Waals surface area contributed by atoms with Gasteiger partial charge in [-0.3, -0.25) is 9.69 Å². The van der Waals surface area contributed by atoms with Crippen LogP contribution in [-0.4, -0.2) is 36.1 Å². The number of methoxy groups -OCH3 is 1. The predicted octanol–water partition coefficient (Wildman–Crippen LogP) is 7.04. The van der Waals surface area contributed by atoms with Crippen LogP contribution in [0.1, 0.15) is 16.1 Å². The number of carbonyl (C=O) groups is 2. The van der Waals surface area contributed by atoms with Crippen molar-refractivity contribution >= 4 is 79.7 Å². The third kappa shape index (κ3) is 5.04. The van der Waals surface area contributed by atoms with E-state index in [1.807, 2.05) is 0 Å². The van der Waals surface area contributed by atoms with E-state index < -0.39 is 5.97 Å². The summed E-state index contributed by atoms with van der Waals surface area (Å²) < 4.78 is 11.4. The van der Waals surface area contributed by atoms with Crippen LogP contribution in [0.4, 0.5) is 5.69 Å². The van der Waals surface area contributed by atoms with Gasteiger partial charge in [-0.05, 0) is 70.2 Å². The largest absolute Gasteiger partial charge is 0.465 e. The molecule has 3 aromatic rings. The lowest BCUT2D eigenvalue weighted by molar-refractivity contribution is -0.121. The van der Waals surface area contributed by atoms with Crippen LogP contribution in [0.25, 0.3) is 17.4 Å². The Bertz CT molecular complexity index is 1340. The Balaban J connectivity index is 1.57. The minimum absolute atomic E-state index is 0.189. The van der Waals surface area contributed by atoms with Crippen LogP contribution >= 0.6 is 50.9 Å². The lowest BCUT2D eigenvalue weighted by atomic mass is 10.1. The summed E-state index contributed by atoms with van der Waals surface area (Å²) in [5.74, 6) is 0.336. The molecule has 2 aromatic carbocycles. The van der Waals surface area contributed by atoms with Crippen molar-refractivity contribution in [1.82, 2.24) is 4.90 Å². The van der Waals surface area contributed by atoms with Crippen LogP contribution in [0.3, 0.4) is 0 Å². The van der Waals surface area contributed by atoms with Gasteiger partial charge in [0.15, 0.2) is 5.17 Å². The zero-order chi connectivity index (χ0) is 23.7. The number of furan rings is 1. The molecule has 6 nitrogen and oxygen atoms in total. The first-order chi connectivity index (χ1) is 15.8. The van der Waals surface area contributed by atoms with Crippen molar-refractivity contribution in [3.8, 4) is 11.3 Å². The standard InChI is InChI=1S/C23H15BrCl2N2O4S/c1-28-21(29)20(33-23(28)27-13-4-7-16(24)18(26)10-13)11-14-5-8-19(32-14)12-3-6-15(17(25)9-12)22(30)31-2/h3-11H,1-2H3/b20-11-,27-23?. The highest BCUT2D eigenvalue weighted by atomic mass is 79.9. The molecule has 1 aromatic heterocycles. The highest BCUT2D eigenvalue weighted by molar-refractivity contribution is 9.10. The van der Waals surface area contributed by atoms with Crippen molar-refractivity contribution in [3.63, 3.8) is 0 Å². The fourth-order valence-corrected chi connectivity index (χ4v) is 4.62. The minimum atomic E-state index is -0.514. The molecule has 1 saturated heterocycles. The molecule has 33 heavy (non-hydrogen) atoms. The highest BCUT2D eigenvalue weighted by Crippen LogP contribution is 2.35. The van der Waals surface area contributed by atoms with E-state index in [4.69, 9.17) is 32.4 Å². The first-order valence-electron chi connectivity index (χ1n) is 9.46. The molecule has 1 amide bonds. The zero-order valence-corrected chi connectivity index (χ0v) is 21.2. The third-order valence-corrected chi connectivity index (χ3v) is 7.30. The first kappa shape index (κ1) is 23.6. The van der Waals surface area contributed by atoms with E-state index in [0.717, 1.165) is 4.47 Å². The first-order valence-corrected chi connectivity index (χ1v) is 11.8. The summed E-state index contributed by atoms with van der Waals surface area (Å²) >= 11 is 16.9.